The number of carbonyl (C=O) groups is 1. The summed E-state index contributed by atoms with van der Waals surface area (Å²) in [5.41, 5.74) is 1.11. The van der Waals surface area contributed by atoms with E-state index in [0.29, 0.717) is 0 Å². The number of benzene rings is 2. The van der Waals surface area contributed by atoms with E-state index in [1.54, 1.807) is 0 Å². The number of epoxide rings is 1. The second-order valence-electron chi connectivity index (χ2n) is 5.66. The van der Waals surface area contributed by atoms with Crippen molar-refractivity contribution in [2.24, 2.45) is 0 Å². The lowest BCUT2D eigenvalue weighted by Gasteiger charge is -2.13. The van der Waals surface area contributed by atoms with Gasteiger partial charge in [-0.15, -0.1) is 0 Å². The third-order valence-electron chi connectivity index (χ3n) is 3.74. The third kappa shape index (κ3) is 4.94. The van der Waals surface area contributed by atoms with Crippen molar-refractivity contribution in [2.45, 2.75) is 18.8 Å². The highest BCUT2D eigenvalue weighted by Gasteiger charge is 2.38. The molecule has 2 aromatic carbocycles. The number of hydrogen-bond donors (Lipinski definition) is 2. The molecule has 0 saturated carbocycles. The number of nitrogens with one attached hydrogen (secondary N) is 1. The SMILES string of the molecule is O=C(Nc1cc(Br)c(F)cc1OC[C@H]1O[C@H]1CO)OCc1ccccc1. The van der Waals surface area contributed by atoms with Crippen LogP contribution in [0.25, 0.3) is 0 Å². The fraction of sp³-hybridized carbons (Fsp3) is 0.278. The molecule has 1 amide bonds. The number of aliphatic hydroxyl groups excluding tert-OH is 1. The second kappa shape index (κ2) is 8.48. The summed E-state index contributed by atoms with van der Waals surface area (Å²) in [5.74, 6) is -0.381. The molecule has 26 heavy (non-hydrogen) atoms. The van der Waals surface area contributed by atoms with Crippen molar-refractivity contribution in [3.8, 4) is 5.75 Å². The largest absolute Gasteiger partial charge is 0.488 e. The van der Waals surface area contributed by atoms with E-state index in [-0.39, 0.29) is 47.9 Å². The Morgan fingerprint density at radius 2 is 2.04 bits per heavy atom. The van der Waals surface area contributed by atoms with Crippen LogP contribution in [0.1, 0.15) is 5.56 Å². The number of carbonyl (C=O) groups excluding carboxylic acids is 1. The van der Waals surface area contributed by atoms with Gasteiger partial charge in [0.25, 0.3) is 0 Å². The number of anilines is 1. The van der Waals surface area contributed by atoms with Gasteiger partial charge in [0, 0.05) is 6.07 Å². The highest BCUT2D eigenvalue weighted by Crippen LogP contribution is 2.32. The molecular formula is C18H17BrFNO5. The standard InChI is InChI=1S/C18H17BrFNO5/c19-12-6-14(21-18(23)25-9-11-4-2-1-3-5-11)15(7-13(12)20)24-10-17-16(8-22)26-17/h1-7,16-17,22H,8-10H2,(H,21,23)/t16-,17+/m0/s1. The van der Waals surface area contributed by atoms with Gasteiger partial charge in [-0.2, -0.15) is 0 Å². The third-order valence-corrected chi connectivity index (χ3v) is 4.35. The van der Waals surface area contributed by atoms with E-state index in [4.69, 9.17) is 19.3 Å². The van der Waals surface area contributed by atoms with Gasteiger partial charge >= 0.3 is 6.09 Å². The van der Waals surface area contributed by atoms with Crippen LogP contribution >= 0.6 is 15.9 Å². The van der Waals surface area contributed by atoms with E-state index < -0.39 is 11.9 Å². The van der Waals surface area contributed by atoms with Crippen LogP contribution in [0.15, 0.2) is 46.9 Å². The summed E-state index contributed by atoms with van der Waals surface area (Å²) in [4.78, 5) is 12.0. The molecule has 0 aromatic heterocycles. The van der Waals surface area contributed by atoms with Crippen molar-refractivity contribution in [2.75, 3.05) is 18.5 Å². The molecule has 0 radical (unpaired) electrons. The van der Waals surface area contributed by atoms with Gasteiger partial charge in [-0.25, -0.2) is 9.18 Å². The summed E-state index contributed by atoms with van der Waals surface area (Å²) < 4.78 is 29.8. The molecule has 138 valence electrons. The van der Waals surface area contributed by atoms with E-state index in [2.05, 4.69) is 21.2 Å². The van der Waals surface area contributed by atoms with Gasteiger partial charge in [0.05, 0.1) is 16.8 Å². The van der Waals surface area contributed by atoms with Crippen LogP contribution in [0.5, 0.6) is 5.75 Å². The van der Waals surface area contributed by atoms with Crippen LogP contribution in [-0.2, 0) is 16.1 Å². The van der Waals surface area contributed by atoms with E-state index in [1.807, 2.05) is 30.3 Å². The maximum Gasteiger partial charge on any atom is 0.412 e. The van der Waals surface area contributed by atoms with Gasteiger partial charge in [0.1, 0.15) is 37.0 Å². The summed E-state index contributed by atoms with van der Waals surface area (Å²) in [5, 5.41) is 11.5. The Bertz CT molecular complexity index is 774. The van der Waals surface area contributed by atoms with Gasteiger partial charge in [-0.05, 0) is 27.6 Å². The van der Waals surface area contributed by atoms with Crippen LogP contribution in [0.4, 0.5) is 14.9 Å². The first-order valence-corrected chi connectivity index (χ1v) is 8.72. The van der Waals surface area contributed by atoms with Crippen LogP contribution in [0.3, 0.4) is 0 Å². The molecule has 1 heterocycles. The van der Waals surface area contributed by atoms with Crippen molar-refractivity contribution in [3.63, 3.8) is 0 Å². The topological polar surface area (TPSA) is 80.3 Å². The first kappa shape index (κ1) is 18.6. The molecule has 2 atom stereocenters. The summed E-state index contributed by atoms with van der Waals surface area (Å²) in [7, 11) is 0. The Labute approximate surface area is 158 Å². The number of ether oxygens (including phenoxy) is 3. The Kier molecular flexibility index (Phi) is 6.08. The predicted molar refractivity (Wildman–Crippen MR) is 95.6 cm³/mol. The molecule has 1 aliphatic rings. The fourth-order valence-corrected chi connectivity index (χ4v) is 2.62. The Balaban J connectivity index is 1.61. The smallest absolute Gasteiger partial charge is 0.412 e. The lowest BCUT2D eigenvalue weighted by molar-refractivity contribution is 0.155. The van der Waals surface area contributed by atoms with E-state index >= 15 is 0 Å². The lowest BCUT2D eigenvalue weighted by Crippen LogP contribution is -2.16. The Morgan fingerprint density at radius 3 is 2.73 bits per heavy atom. The Morgan fingerprint density at radius 1 is 1.27 bits per heavy atom. The van der Waals surface area contributed by atoms with Crippen molar-refractivity contribution < 1.29 is 28.5 Å². The molecule has 3 rings (SSSR count). The molecular weight excluding hydrogens is 409 g/mol. The van der Waals surface area contributed by atoms with Crippen molar-refractivity contribution in [1.29, 1.82) is 0 Å². The zero-order valence-corrected chi connectivity index (χ0v) is 15.2. The molecule has 0 aliphatic carbocycles. The monoisotopic (exact) mass is 425 g/mol. The quantitative estimate of drug-likeness (QED) is 0.663. The van der Waals surface area contributed by atoms with E-state index in [1.165, 1.54) is 6.07 Å². The maximum absolute atomic E-state index is 13.8. The number of halogens is 2. The molecule has 1 saturated heterocycles. The van der Waals surface area contributed by atoms with Gasteiger partial charge in [0.2, 0.25) is 0 Å². The van der Waals surface area contributed by atoms with Gasteiger partial charge in [-0.3, -0.25) is 5.32 Å². The number of aliphatic hydroxyl groups is 1. The number of amides is 1. The summed E-state index contributed by atoms with van der Waals surface area (Å²) in [6.07, 6.45) is -1.19. The molecule has 1 fully saturated rings. The average Bonchev–Trinajstić information content (AvgIpc) is 3.41. The first-order valence-electron chi connectivity index (χ1n) is 7.92. The van der Waals surface area contributed by atoms with E-state index in [0.717, 1.165) is 11.6 Å². The van der Waals surface area contributed by atoms with Gasteiger partial charge < -0.3 is 19.3 Å². The molecule has 6 nitrogen and oxygen atoms in total. The van der Waals surface area contributed by atoms with Crippen molar-refractivity contribution in [1.82, 2.24) is 0 Å². The van der Waals surface area contributed by atoms with Crippen LogP contribution in [-0.4, -0.2) is 36.6 Å². The molecule has 0 spiro atoms. The highest BCUT2D eigenvalue weighted by atomic mass is 79.9. The molecule has 2 aromatic rings. The molecule has 0 unspecified atom stereocenters. The first-order chi connectivity index (χ1) is 12.6. The lowest BCUT2D eigenvalue weighted by atomic mass is 10.2. The molecule has 1 aliphatic heterocycles. The maximum atomic E-state index is 13.8. The van der Waals surface area contributed by atoms with E-state index in [9.17, 15) is 9.18 Å². The predicted octanol–water partition coefficient (Wildman–Crippen LogP) is 3.48. The van der Waals surface area contributed by atoms with Crippen molar-refractivity contribution in [3.05, 3.63) is 58.3 Å². The summed E-state index contributed by atoms with van der Waals surface area (Å²) in [6, 6.07) is 11.8. The van der Waals surface area contributed by atoms with Gasteiger partial charge in [-0.1, -0.05) is 30.3 Å². The van der Waals surface area contributed by atoms with Crippen molar-refractivity contribution >= 4 is 27.7 Å². The molecule has 8 heteroatoms. The number of hydrogen-bond acceptors (Lipinski definition) is 5. The van der Waals surface area contributed by atoms with Crippen LogP contribution < -0.4 is 10.1 Å². The average molecular weight is 426 g/mol. The zero-order valence-electron chi connectivity index (χ0n) is 13.7. The Hall–Kier alpha value is -2.16. The fourth-order valence-electron chi connectivity index (χ4n) is 2.27. The molecule has 0 bridgehead atoms. The van der Waals surface area contributed by atoms with Crippen LogP contribution in [0.2, 0.25) is 0 Å². The highest BCUT2D eigenvalue weighted by molar-refractivity contribution is 9.10. The summed E-state index contributed by atoms with van der Waals surface area (Å²) in [6.45, 7) is 0.152. The van der Waals surface area contributed by atoms with Gasteiger partial charge in [0.15, 0.2) is 0 Å². The van der Waals surface area contributed by atoms with Crippen LogP contribution in [0, 0.1) is 5.82 Å². The minimum absolute atomic E-state index is 0.0976. The number of rotatable bonds is 7. The summed E-state index contributed by atoms with van der Waals surface area (Å²) >= 11 is 3.08. The zero-order chi connectivity index (χ0) is 18.5. The molecule has 2 N–H and O–H groups in total. The minimum atomic E-state index is -0.687. The minimum Gasteiger partial charge on any atom is -0.488 e. The second-order valence-corrected chi connectivity index (χ2v) is 6.51. The normalized spacial score (nSPS) is 18.3.